The summed E-state index contributed by atoms with van der Waals surface area (Å²) in [6, 6.07) is 10.7. The Morgan fingerprint density at radius 3 is 2.00 bits per heavy atom. The first-order valence-electron chi connectivity index (χ1n) is 6.94. The van der Waals surface area contributed by atoms with Crippen LogP contribution in [-0.4, -0.2) is 6.10 Å². The molecule has 0 aliphatic carbocycles. The number of nitrogens with one attached hydrogen (secondary N) is 1. The molecule has 0 bridgehead atoms. The standard InChI is InChI=1S/C17H19F2NO/c1-11(2)21-14-9-7-13(8-10-14)20-12(3)17-15(18)5-4-6-16(17)19/h4-12,20H,1-3H3. The Morgan fingerprint density at radius 2 is 1.48 bits per heavy atom. The maximum atomic E-state index is 13.7. The van der Waals surface area contributed by atoms with Crippen molar-refractivity contribution in [2.24, 2.45) is 0 Å². The number of hydrogen-bond acceptors (Lipinski definition) is 2. The van der Waals surface area contributed by atoms with Gasteiger partial charge < -0.3 is 10.1 Å². The Kier molecular flexibility index (Phi) is 4.78. The van der Waals surface area contributed by atoms with Crippen LogP contribution < -0.4 is 10.1 Å². The Bertz CT molecular complexity index is 576. The highest BCUT2D eigenvalue weighted by atomic mass is 19.1. The fourth-order valence-electron chi connectivity index (χ4n) is 2.15. The molecule has 0 aliphatic rings. The van der Waals surface area contributed by atoms with Crippen molar-refractivity contribution in [1.29, 1.82) is 0 Å². The van der Waals surface area contributed by atoms with Crippen molar-refractivity contribution in [2.45, 2.75) is 32.9 Å². The highest BCUT2D eigenvalue weighted by molar-refractivity contribution is 5.48. The van der Waals surface area contributed by atoms with E-state index in [2.05, 4.69) is 5.32 Å². The molecule has 2 nitrogen and oxygen atoms in total. The lowest BCUT2D eigenvalue weighted by Gasteiger charge is -2.17. The molecular formula is C17H19F2NO. The van der Waals surface area contributed by atoms with E-state index in [4.69, 9.17) is 4.74 Å². The summed E-state index contributed by atoms with van der Waals surface area (Å²) in [6.07, 6.45) is 0.107. The predicted molar refractivity (Wildman–Crippen MR) is 80.6 cm³/mol. The second-order valence-corrected chi connectivity index (χ2v) is 5.19. The van der Waals surface area contributed by atoms with Gasteiger partial charge in [0, 0.05) is 11.3 Å². The number of benzene rings is 2. The third-order valence-corrected chi connectivity index (χ3v) is 3.04. The summed E-state index contributed by atoms with van der Waals surface area (Å²) >= 11 is 0. The molecule has 1 unspecified atom stereocenters. The maximum absolute atomic E-state index is 13.7. The summed E-state index contributed by atoms with van der Waals surface area (Å²) in [5.41, 5.74) is 0.821. The fraction of sp³-hybridized carbons (Fsp3) is 0.294. The molecule has 0 aliphatic heterocycles. The zero-order valence-corrected chi connectivity index (χ0v) is 12.4. The van der Waals surface area contributed by atoms with E-state index >= 15 is 0 Å². The molecule has 4 heteroatoms. The third-order valence-electron chi connectivity index (χ3n) is 3.04. The lowest BCUT2D eigenvalue weighted by atomic mass is 10.1. The zero-order chi connectivity index (χ0) is 15.4. The van der Waals surface area contributed by atoms with Crippen LogP contribution in [0.4, 0.5) is 14.5 Å². The van der Waals surface area contributed by atoms with E-state index in [1.165, 1.54) is 18.2 Å². The van der Waals surface area contributed by atoms with Gasteiger partial charge in [0.1, 0.15) is 17.4 Å². The average Bonchev–Trinajstić information content (AvgIpc) is 2.40. The normalized spacial score (nSPS) is 12.3. The summed E-state index contributed by atoms with van der Waals surface area (Å²) in [6.45, 7) is 5.63. The highest BCUT2D eigenvalue weighted by Gasteiger charge is 2.15. The SMILES string of the molecule is CC(C)Oc1ccc(NC(C)c2c(F)cccc2F)cc1. The number of halogens is 2. The van der Waals surface area contributed by atoms with Gasteiger partial charge in [-0.15, -0.1) is 0 Å². The second-order valence-electron chi connectivity index (χ2n) is 5.19. The molecule has 2 aromatic carbocycles. The van der Waals surface area contributed by atoms with Gasteiger partial charge in [0.25, 0.3) is 0 Å². The lowest BCUT2D eigenvalue weighted by Crippen LogP contribution is -2.11. The molecule has 0 heterocycles. The quantitative estimate of drug-likeness (QED) is 0.843. The summed E-state index contributed by atoms with van der Waals surface area (Å²) in [5, 5.41) is 3.08. The number of ether oxygens (including phenoxy) is 1. The van der Waals surface area contributed by atoms with Crippen LogP contribution >= 0.6 is 0 Å². The van der Waals surface area contributed by atoms with Crippen LogP contribution in [-0.2, 0) is 0 Å². The minimum atomic E-state index is -0.547. The van der Waals surface area contributed by atoms with Crippen LogP contribution in [0.2, 0.25) is 0 Å². The van der Waals surface area contributed by atoms with E-state index in [0.29, 0.717) is 0 Å². The van der Waals surface area contributed by atoms with Gasteiger partial charge in [-0.2, -0.15) is 0 Å². The molecule has 0 amide bonds. The van der Waals surface area contributed by atoms with Crippen molar-refractivity contribution >= 4 is 5.69 Å². The van der Waals surface area contributed by atoms with Crippen LogP contribution in [0.25, 0.3) is 0 Å². The topological polar surface area (TPSA) is 21.3 Å². The number of hydrogen-bond donors (Lipinski definition) is 1. The largest absolute Gasteiger partial charge is 0.491 e. The first-order chi connectivity index (χ1) is 9.97. The zero-order valence-electron chi connectivity index (χ0n) is 12.4. The molecule has 112 valence electrons. The Morgan fingerprint density at radius 1 is 0.905 bits per heavy atom. The van der Waals surface area contributed by atoms with Crippen LogP contribution in [0.15, 0.2) is 42.5 Å². The summed E-state index contributed by atoms with van der Waals surface area (Å²) < 4.78 is 33.0. The highest BCUT2D eigenvalue weighted by Crippen LogP contribution is 2.25. The fourth-order valence-corrected chi connectivity index (χ4v) is 2.15. The van der Waals surface area contributed by atoms with E-state index in [1.54, 1.807) is 6.92 Å². The lowest BCUT2D eigenvalue weighted by molar-refractivity contribution is 0.242. The van der Waals surface area contributed by atoms with Gasteiger partial charge in [-0.3, -0.25) is 0 Å². The summed E-state index contributed by atoms with van der Waals surface area (Å²) in [4.78, 5) is 0. The maximum Gasteiger partial charge on any atom is 0.131 e. The van der Waals surface area contributed by atoms with Gasteiger partial charge in [-0.05, 0) is 57.2 Å². The molecule has 2 rings (SSSR count). The van der Waals surface area contributed by atoms with Crippen molar-refractivity contribution in [3.8, 4) is 5.75 Å². The Balaban J connectivity index is 2.11. The van der Waals surface area contributed by atoms with Crippen molar-refractivity contribution in [1.82, 2.24) is 0 Å². The second kappa shape index (κ2) is 6.57. The average molecular weight is 291 g/mol. The van der Waals surface area contributed by atoms with Gasteiger partial charge in [0.05, 0.1) is 12.1 Å². The van der Waals surface area contributed by atoms with Crippen LogP contribution in [0.5, 0.6) is 5.75 Å². The molecule has 1 N–H and O–H groups in total. The minimum absolute atomic E-state index is 0.0417. The van der Waals surface area contributed by atoms with Gasteiger partial charge >= 0.3 is 0 Å². The number of rotatable bonds is 5. The van der Waals surface area contributed by atoms with Crippen molar-refractivity contribution in [3.05, 3.63) is 59.7 Å². The van der Waals surface area contributed by atoms with E-state index in [9.17, 15) is 8.78 Å². The molecule has 21 heavy (non-hydrogen) atoms. The minimum Gasteiger partial charge on any atom is -0.491 e. The molecular weight excluding hydrogens is 272 g/mol. The Hall–Kier alpha value is -2.10. The van der Waals surface area contributed by atoms with E-state index in [-0.39, 0.29) is 11.7 Å². The van der Waals surface area contributed by atoms with Gasteiger partial charge in [0.15, 0.2) is 0 Å². The van der Waals surface area contributed by atoms with Crippen LogP contribution in [0, 0.1) is 11.6 Å². The first kappa shape index (κ1) is 15.3. The van der Waals surface area contributed by atoms with Crippen LogP contribution in [0.1, 0.15) is 32.4 Å². The predicted octanol–water partition coefficient (Wildman–Crippen LogP) is 4.93. The van der Waals surface area contributed by atoms with Gasteiger partial charge in [0.2, 0.25) is 0 Å². The monoisotopic (exact) mass is 291 g/mol. The van der Waals surface area contributed by atoms with E-state index in [0.717, 1.165) is 11.4 Å². The van der Waals surface area contributed by atoms with Crippen molar-refractivity contribution in [3.63, 3.8) is 0 Å². The number of anilines is 1. The van der Waals surface area contributed by atoms with Crippen molar-refractivity contribution < 1.29 is 13.5 Å². The summed E-state index contributed by atoms with van der Waals surface area (Å²) in [5.74, 6) is -0.329. The molecule has 2 aromatic rings. The molecule has 0 saturated heterocycles. The smallest absolute Gasteiger partial charge is 0.131 e. The molecule has 0 aromatic heterocycles. The first-order valence-corrected chi connectivity index (χ1v) is 6.94. The van der Waals surface area contributed by atoms with Crippen molar-refractivity contribution in [2.75, 3.05) is 5.32 Å². The van der Waals surface area contributed by atoms with E-state index in [1.807, 2.05) is 38.1 Å². The molecule has 0 fully saturated rings. The van der Waals surface area contributed by atoms with Gasteiger partial charge in [-0.1, -0.05) is 6.07 Å². The molecule has 1 atom stereocenters. The Labute approximate surface area is 123 Å². The summed E-state index contributed by atoms with van der Waals surface area (Å²) in [7, 11) is 0. The van der Waals surface area contributed by atoms with E-state index < -0.39 is 17.7 Å². The molecule has 0 radical (unpaired) electrons. The third kappa shape index (κ3) is 3.94. The van der Waals surface area contributed by atoms with Gasteiger partial charge in [-0.25, -0.2) is 8.78 Å². The molecule has 0 spiro atoms. The molecule has 0 saturated carbocycles. The van der Waals surface area contributed by atoms with Crippen LogP contribution in [0.3, 0.4) is 0 Å².